The van der Waals surface area contributed by atoms with E-state index in [0.717, 1.165) is 72.4 Å². The van der Waals surface area contributed by atoms with Crippen LogP contribution in [-0.2, 0) is 23.0 Å². The number of carbonyl (C=O) groups excluding carboxylic acids is 1. The topological polar surface area (TPSA) is 143 Å². The zero-order valence-corrected chi connectivity index (χ0v) is 32.8. The molecule has 2 aliphatic heterocycles. The fourth-order valence-corrected chi connectivity index (χ4v) is 9.21. The van der Waals surface area contributed by atoms with Crippen LogP contribution in [0.4, 0.5) is 17.1 Å². The minimum Gasteiger partial charge on any atom is -0.493 e. The van der Waals surface area contributed by atoms with Gasteiger partial charge in [-0.1, -0.05) is 48.5 Å². The number of nitro benzene ring substituents is 1. The summed E-state index contributed by atoms with van der Waals surface area (Å²) in [7, 11) is -1.14. The number of fused-ring (bicyclic) bond motifs is 3. The number of ether oxygens (including phenoxy) is 2. The van der Waals surface area contributed by atoms with Gasteiger partial charge < -0.3 is 19.7 Å². The van der Waals surface area contributed by atoms with Gasteiger partial charge in [0.05, 0.1) is 24.0 Å². The van der Waals surface area contributed by atoms with Crippen molar-refractivity contribution in [3.8, 4) is 22.6 Å². The number of sulfonamides is 1. The summed E-state index contributed by atoms with van der Waals surface area (Å²) in [5, 5.41) is 14.9. The third-order valence-electron chi connectivity index (χ3n) is 10.2. The molecule has 2 aliphatic rings. The molecule has 2 heterocycles. The molecule has 0 radical (unpaired) electrons. The van der Waals surface area contributed by atoms with E-state index in [2.05, 4.69) is 44.1 Å². The smallest absolute Gasteiger partial charge is 0.293 e. The molecule has 56 heavy (non-hydrogen) atoms. The lowest BCUT2D eigenvalue weighted by atomic mass is 9.92. The third-order valence-corrected chi connectivity index (χ3v) is 12.5. The number of rotatable bonds is 14. The standard InChI is InChI=1S/C42H43N5O7S2/c1-53-40-19-14-29(25-41(40)54-2)36-11-7-6-8-32(36)27-45-21-22-46-33(28-45)15-12-30-24-31(13-18-38(30)46)42(48)44-56(51,52)35-16-17-37(39(26-35)47(49)50)43-20-23-55-34-9-4-3-5-10-34/h3-11,13-14,16-19,24-26,33,43H,12,15,20-23,27-28H2,1-2H3,(H,44,48)/t33-/m0/s1. The summed E-state index contributed by atoms with van der Waals surface area (Å²) in [6.45, 7) is 3.77. The maximum atomic E-state index is 13.3. The van der Waals surface area contributed by atoms with Gasteiger partial charge in [-0.05, 0) is 89.7 Å². The fraction of sp³-hybridized carbons (Fsp3) is 0.262. The number of carbonyl (C=O) groups is 1. The SMILES string of the molecule is COc1ccc(-c2ccccc2CN2CCN3c4ccc(C(=O)NS(=O)(=O)c5ccc(NCCSc6ccccc6)c([N+](=O)[O-])c5)cc4CC[C@H]3C2)cc1OC. The van der Waals surface area contributed by atoms with Crippen molar-refractivity contribution < 1.29 is 27.6 Å². The molecular formula is C42H43N5O7S2. The van der Waals surface area contributed by atoms with Crippen molar-refractivity contribution in [2.45, 2.75) is 35.2 Å². The van der Waals surface area contributed by atoms with E-state index in [-0.39, 0.29) is 16.1 Å². The zero-order valence-electron chi connectivity index (χ0n) is 31.1. The first-order chi connectivity index (χ1) is 27.1. The van der Waals surface area contributed by atoms with Crippen LogP contribution in [0.15, 0.2) is 119 Å². The number of thioether (sulfide) groups is 1. The fourth-order valence-electron chi connectivity index (χ4n) is 7.43. The minimum atomic E-state index is -4.41. The highest BCUT2D eigenvalue weighted by atomic mass is 32.2. The summed E-state index contributed by atoms with van der Waals surface area (Å²) < 4.78 is 39.7. The Balaban J connectivity index is 0.980. The molecule has 1 amide bonds. The molecule has 7 rings (SSSR count). The predicted octanol–water partition coefficient (Wildman–Crippen LogP) is 7.24. The van der Waals surface area contributed by atoms with E-state index < -0.39 is 26.5 Å². The number of nitrogens with one attached hydrogen (secondary N) is 2. The molecule has 0 bridgehead atoms. The summed E-state index contributed by atoms with van der Waals surface area (Å²) in [4.78, 5) is 30.2. The number of anilines is 2. The molecule has 0 saturated carbocycles. The zero-order chi connectivity index (χ0) is 39.2. The van der Waals surface area contributed by atoms with Crippen molar-refractivity contribution in [3.05, 3.63) is 136 Å². The summed E-state index contributed by atoms with van der Waals surface area (Å²) >= 11 is 1.60. The van der Waals surface area contributed by atoms with Crippen molar-refractivity contribution in [2.24, 2.45) is 0 Å². The van der Waals surface area contributed by atoms with Crippen LogP contribution in [-0.4, -0.2) is 76.3 Å². The number of methoxy groups -OCH3 is 2. The first-order valence-corrected chi connectivity index (χ1v) is 20.8. The van der Waals surface area contributed by atoms with Gasteiger partial charge in [0.2, 0.25) is 0 Å². The molecule has 2 N–H and O–H groups in total. The highest BCUT2D eigenvalue weighted by molar-refractivity contribution is 7.99. The van der Waals surface area contributed by atoms with Crippen molar-refractivity contribution in [2.75, 3.05) is 56.4 Å². The van der Waals surface area contributed by atoms with E-state index in [4.69, 9.17) is 9.47 Å². The molecule has 5 aromatic carbocycles. The lowest BCUT2D eigenvalue weighted by molar-refractivity contribution is -0.384. The van der Waals surface area contributed by atoms with Gasteiger partial charge in [0, 0.05) is 66.7 Å². The molecule has 12 nitrogen and oxygen atoms in total. The molecule has 1 saturated heterocycles. The van der Waals surface area contributed by atoms with Crippen molar-refractivity contribution >= 4 is 44.8 Å². The average Bonchev–Trinajstić information content (AvgIpc) is 3.22. The number of aryl methyl sites for hydroxylation is 1. The Bertz CT molecular complexity index is 2340. The maximum absolute atomic E-state index is 13.3. The molecule has 14 heteroatoms. The van der Waals surface area contributed by atoms with Crippen molar-refractivity contribution in [1.82, 2.24) is 9.62 Å². The number of amides is 1. The largest absolute Gasteiger partial charge is 0.493 e. The number of benzene rings is 5. The second-order valence-electron chi connectivity index (χ2n) is 13.7. The molecule has 1 atom stereocenters. The second kappa shape index (κ2) is 17.1. The van der Waals surface area contributed by atoms with E-state index in [1.54, 1.807) is 38.1 Å². The van der Waals surface area contributed by atoms with Gasteiger partial charge >= 0.3 is 0 Å². The Hall–Kier alpha value is -5.57. The van der Waals surface area contributed by atoms with Gasteiger partial charge in [0.15, 0.2) is 11.5 Å². The van der Waals surface area contributed by atoms with Gasteiger partial charge in [-0.15, -0.1) is 11.8 Å². The molecule has 290 valence electrons. The number of hydrogen-bond acceptors (Lipinski definition) is 11. The van der Waals surface area contributed by atoms with E-state index in [1.807, 2.05) is 54.6 Å². The Kier molecular flexibility index (Phi) is 11.8. The van der Waals surface area contributed by atoms with Crippen molar-refractivity contribution in [3.63, 3.8) is 0 Å². The van der Waals surface area contributed by atoms with Crippen LogP contribution in [0.2, 0.25) is 0 Å². The van der Waals surface area contributed by atoms with Gasteiger partial charge in [-0.2, -0.15) is 0 Å². The van der Waals surface area contributed by atoms with Gasteiger partial charge in [-0.25, -0.2) is 13.1 Å². The lowest BCUT2D eigenvalue weighted by Crippen LogP contribution is -2.54. The Labute approximate surface area is 331 Å². The summed E-state index contributed by atoms with van der Waals surface area (Å²) in [5.74, 6) is 1.22. The molecule has 5 aromatic rings. The third kappa shape index (κ3) is 8.62. The van der Waals surface area contributed by atoms with Crippen LogP contribution < -0.4 is 24.4 Å². The van der Waals surface area contributed by atoms with Gasteiger partial charge in [0.25, 0.3) is 21.6 Å². The Morgan fingerprint density at radius 1 is 0.911 bits per heavy atom. The predicted molar refractivity (Wildman–Crippen MR) is 220 cm³/mol. The number of nitro groups is 1. The lowest BCUT2D eigenvalue weighted by Gasteiger charge is -2.46. The molecule has 0 unspecified atom stereocenters. The van der Waals surface area contributed by atoms with Crippen LogP contribution in [0.5, 0.6) is 11.5 Å². The van der Waals surface area contributed by atoms with Gasteiger partial charge in [-0.3, -0.25) is 19.8 Å². The number of nitrogens with zero attached hydrogens (tertiary/aromatic N) is 3. The Morgan fingerprint density at radius 2 is 1.70 bits per heavy atom. The number of piperazine rings is 1. The molecule has 0 spiro atoms. The highest BCUT2D eigenvalue weighted by Gasteiger charge is 2.33. The van der Waals surface area contributed by atoms with E-state index >= 15 is 0 Å². The van der Waals surface area contributed by atoms with Crippen LogP contribution in [0.3, 0.4) is 0 Å². The summed E-state index contributed by atoms with van der Waals surface area (Å²) in [6.07, 6.45) is 1.63. The first-order valence-electron chi connectivity index (χ1n) is 18.3. The molecule has 0 aliphatic carbocycles. The van der Waals surface area contributed by atoms with E-state index in [1.165, 1.54) is 17.7 Å². The monoisotopic (exact) mass is 793 g/mol. The van der Waals surface area contributed by atoms with Crippen LogP contribution in [0.25, 0.3) is 11.1 Å². The first kappa shape index (κ1) is 38.7. The van der Waals surface area contributed by atoms with Gasteiger partial charge in [0.1, 0.15) is 5.69 Å². The molecular weight excluding hydrogens is 751 g/mol. The van der Waals surface area contributed by atoms with E-state index in [9.17, 15) is 23.3 Å². The number of hydrogen-bond donors (Lipinski definition) is 2. The Morgan fingerprint density at radius 3 is 2.48 bits per heavy atom. The quantitative estimate of drug-likeness (QED) is 0.0509. The molecule has 1 fully saturated rings. The van der Waals surface area contributed by atoms with E-state index in [0.29, 0.717) is 29.8 Å². The maximum Gasteiger partial charge on any atom is 0.293 e. The second-order valence-corrected chi connectivity index (χ2v) is 16.5. The van der Waals surface area contributed by atoms with Crippen LogP contribution in [0.1, 0.15) is 27.9 Å². The highest BCUT2D eigenvalue weighted by Crippen LogP contribution is 2.37. The molecule has 0 aromatic heterocycles. The normalized spacial score (nSPS) is 15.3. The average molecular weight is 794 g/mol. The summed E-state index contributed by atoms with van der Waals surface area (Å²) in [6, 6.07) is 33.3. The van der Waals surface area contributed by atoms with Crippen molar-refractivity contribution in [1.29, 1.82) is 0 Å². The van der Waals surface area contributed by atoms with Crippen LogP contribution >= 0.6 is 11.8 Å². The minimum absolute atomic E-state index is 0.196. The summed E-state index contributed by atoms with van der Waals surface area (Å²) in [5.41, 5.74) is 5.48. The van der Waals surface area contributed by atoms with Crippen LogP contribution in [0, 0.1) is 10.1 Å².